The molecule has 1 N–H and O–H groups in total. The van der Waals surface area contributed by atoms with Gasteiger partial charge in [0.15, 0.2) is 6.10 Å². The molecule has 0 aromatic carbocycles. The zero-order valence-corrected chi connectivity index (χ0v) is 33.3. The number of hydrogen-bond acceptors (Lipinski definition) is 7. The van der Waals surface area contributed by atoms with Gasteiger partial charge in [-0.2, -0.15) is 0 Å². The molecule has 1 unspecified atom stereocenters. The number of likely N-dealkylation sites (N-methyl/N-ethyl adjacent to an activating group) is 1. The average Bonchev–Trinajstić information content (AvgIpc) is 3.06. The third-order valence-corrected chi connectivity index (χ3v) is 8.85. The number of quaternary nitrogens is 1. The van der Waals surface area contributed by atoms with Crippen molar-refractivity contribution in [1.29, 1.82) is 0 Å². The van der Waals surface area contributed by atoms with Crippen molar-refractivity contribution in [2.75, 3.05) is 47.5 Å². The van der Waals surface area contributed by atoms with Gasteiger partial charge >= 0.3 is 19.8 Å². The maximum Gasteiger partial charge on any atom is 0.472 e. The van der Waals surface area contributed by atoms with Crippen molar-refractivity contribution in [1.82, 2.24) is 0 Å². The Morgan fingerprint density at radius 2 is 1.10 bits per heavy atom. The Hall–Kier alpha value is -2.03. The van der Waals surface area contributed by atoms with Crippen LogP contribution in [0.3, 0.4) is 0 Å². The largest absolute Gasteiger partial charge is 0.472 e. The van der Waals surface area contributed by atoms with Gasteiger partial charge in [-0.15, -0.1) is 0 Å². The molecular weight excluding hydrogens is 653 g/mol. The Morgan fingerprint density at radius 1 is 0.620 bits per heavy atom. The molecule has 0 rings (SSSR count). The molecule has 0 heterocycles. The minimum atomic E-state index is -4.38. The van der Waals surface area contributed by atoms with Gasteiger partial charge in [0.1, 0.15) is 19.8 Å². The first-order chi connectivity index (χ1) is 24.0. The standard InChI is InChI=1S/C40H72NO8P/c1-6-8-10-12-14-16-17-18-19-20-21-22-23-25-27-29-31-33-40(43)49-38(37-48-50(44,45)47-35-34-41(3,4)5)36-46-39(42)32-30-28-26-24-15-13-11-9-7-2/h14,16,18-19,21-22,25,27,38H,6-13,15,17,20,23-24,26,28-37H2,1-5H3/p+1/b16-14-,19-18-,22-21-,27-25-/t38-/m1/s1. The first kappa shape index (κ1) is 48.0. The minimum Gasteiger partial charge on any atom is -0.462 e. The lowest BCUT2D eigenvalue weighted by molar-refractivity contribution is -0.870. The summed E-state index contributed by atoms with van der Waals surface area (Å²) in [7, 11) is 1.44. The fraction of sp³-hybridized carbons (Fsp3) is 0.750. The highest BCUT2D eigenvalue weighted by atomic mass is 31.2. The molecule has 0 fully saturated rings. The van der Waals surface area contributed by atoms with Gasteiger partial charge in [0.05, 0.1) is 27.7 Å². The predicted molar refractivity (Wildman–Crippen MR) is 206 cm³/mol. The summed E-state index contributed by atoms with van der Waals surface area (Å²) in [5.41, 5.74) is 0. The molecule has 0 aromatic heterocycles. The Labute approximate surface area is 305 Å². The summed E-state index contributed by atoms with van der Waals surface area (Å²) < 4.78 is 34.0. The van der Waals surface area contributed by atoms with Crippen LogP contribution in [-0.4, -0.2) is 74.9 Å². The van der Waals surface area contributed by atoms with Crippen LogP contribution in [-0.2, 0) is 32.7 Å². The zero-order chi connectivity index (χ0) is 37.2. The molecule has 0 bridgehead atoms. The van der Waals surface area contributed by atoms with Crippen molar-refractivity contribution >= 4 is 19.8 Å². The first-order valence-corrected chi connectivity index (χ1v) is 20.9. The van der Waals surface area contributed by atoms with E-state index in [1.54, 1.807) is 0 Å². The predicted octanol–water partition coefficient (Wildman–Crippen LogP) is 10.3. The fourth-order valence-corrected chi connectivity index (χ4v) is 5.51. The Kier molecular flexibility index (Phi) is 31.5. The van der Waals surface area contributed by atoms with Crippen LogP contribution in [0.2, 0.25) is 0 Å². The number of carbonyl (C=O) groups is 2. The SMILES string of the molecule is CCCCC/C=C\C/C=C\C/C=C\C/C=C\CCCC(=O)O[C@H](COC(=O)CCCCCCCCCCC)COP(=O)(O)OCC[N+](C)(C)C. The normalized spacial score (nSPS) is 14.3. The van der Waals surface area contributed by atoms with E-state index in [2.05, 4.69) is 56.4 Å². The van der Waals surface area contributed by atoms with Crippen molar-refractivity contribution in [2.24, 2.45) is 0 Å². The van der Waals surface area contributed by atoms with Gasteiger partial charge < -0.3 is 18.9 Å². The third kappa shape index (κ3) is 35.8. The van der Waals surface area contributed by atoms with Gasteiger partial charge in [0, 0.05) is 12.8 Å². The van der Waals surface area contributed by atoms with Crippen LogP contribution >= 0.6 is 7.82 Å². The van der Waals surface area contributed by atoms with Crippen molar-refractivity contribution in [2.45, 2.75) is 148 Å². The maximum atomic E-state index is 12.6. The lowest BCUT2D eigenvalue weighted by atomic mass is 10.1. The van der Waals surface area contributed by atoms with Gasteiger partial charge in [-0.1, -0.05) is 127 Å². The van der Waals surface area contributed by atoms with Crippen LogP contribution in [0.1, 0.15) is 142 Å². The molecule has 0 amide bonds. The van der Waals surface area contributed by atoms with Crippen molar-refractivity contribution in [3.63, 3.8) is 0 Å². The Balaban J connectivity index is 4.53. The summed E-state index contributed by atoms with van der Waals surface area (Å²) >= 11 is 0. The minimum absolute atomic E-state index is 0.0208. The quantitative estimate of drug-likeness (QED) is 0.0230. The van der Waals surface area contributed by atoms with E-state index in [9.17, 15) is 19.0 Å². The summed E-state index contributed by atoms with van der Waals surface area (Å²) in [6, 6.07) is 0. The number of phosphoric ester groups is 1. The van der Waals surface area contributed by atoms with Crippen molar-refractivity contribution in [3.8, 4) is 0 Å². The van der Waals surface area contributed by atoms with E-state index in [0.717, 1.165) is 38.5 Å². The van der Waals surface area contributed by atoms with E-state index in [1.807, 2.05) is 27.2 Å². The zero-order valence-electron chi connectivity index (χ0n) is 32.4. The van der Waals surface area contributed by atoms with Gasteiger partial charge in [0.25, 0.3) is 0 Å². The topological polar surface area (TPSA) is 108 Å². The lowest BCUT2D eigenvalue weighted by Gasteiger charge is -2.24. The average molecular weight is 727 g/mol. The molecule has 0 saturated heterocycles. The van der Waals surface area contributed by atoms with Crippen LogP contribution in [0.5, 0.6) is 0 Å². The van der Waals surface area contributed by atoms with Gasteiger partial charge in [0.2, 0.25) is 0 Å². The number of unbranched alkanes of at least 4 members (excludes halogenated alkanes) is 12. The number of phosphoric acid groups is 1. The Bertz CT molecular complexity index is 1000. The van der Waals surface area contributed by atoms with Gasteiger partial charge in [-0.25, -0.2) is 4.57 Å². The molecule has 0 spiro atoms. The number of esters is 2. The van der Waals surface area contributed by atoms with Crippen LogP contribution in [0.25, 0.3) is 0 Å². The molecule has 9 nitrogen and oxygen atoms in total. The number of nitrogens with zero attached hydrogens (tertiary/aromatic N) is 1. The Morgan fingerprint density at radius 3 is 1.66 bits per heavy atom. The summed E-state index contributed by atoms with van der Waals surface area (Å²) in [5, 5.41) is 0. The second kappa shape index (κ2) is 32.8. The molecule has 290 valence electrons. The highest BCUT2D eigenvalue weighted by Crippen LogP contribution is 2.43. The highest BCUT2D eigenvalue weighted by molar-refractivity contribution is 7.47. The van der Waals surface area contributed by atoms with E-state index >= 15 is 0 Å². The van der Waals surface area contributed by atoms with Crippen molar-refractivity contribution < 1.29 is 42.1 Å². The van der Waals surface area contributed by atoms with E-state index < -0.39 is 26.5 Å². The molecule has 0 aromatic rings. The monoisotopic (exact) mass is 727 g/mol. The maximum absolute atomic E-state index is 12.6. The van der Waals surface area contributed by atoms with Crippen LogP contribution < -0.4 is 0 Å². The van der Waals surface area contributed by atoms with E-state index in [1.165, 1.54) is 64.2 Å². The van der Waals surface area contributed by atoms with Crippen LogP contribution in [0.4, 0.5) is 0 Å². The second-order valence-corrected chi connectivity index (χ2v) is 15.4. The van der Waals surface area contributed by atoms with Crippen LogP contribution in [0, 0.1) is 0 Å². The summed E-state index contributed by atoms with van der Waals surface area (Å²) in [5.74, 6) is -0.871. The van der Waals surface area contributed by atoms with Gasteiger partial charge in [-0.05, 0) is 51.4 Å². The highest BCUT2D eigenvalue weighted by Gasteiger charge is 2.27. The molecule has 10 heteroatoms. The summed E-state index contributed by atoms with van der Waals surface area (Å²) in [4.78, 5) is 35.1. The first-order valence-electron chi connectivity index (χ1n) is 19.4. The van der Waals surface area contributed by atoms with E-state index in [0.29, 0.717) is 23.9 Å². The van der Waals surface area contributed by atoms with Crippen LogP contribution in [0.15, 0.2) is 48.6 Å². The molecule has 50 heavy (non-hydrogen) atoms. The third-order valence-electron chi connectivity index (χ3n) is 7.86. The number of allylic oxidation sites excluding steroid dienone is 8. The smallest absolute Gasteiger partial charge is 0.462 e. The molecule has 0 aliphatic rings. The van der Waals surface area contributed by atoms with Gasteiger partial charge in [-0.3, -0.25) is 18.6 Å². The molecule has 2 atom stereocenters. The second-order valence-electron chi connectivity index (χ2n) is 14.0. The molecule has 0 aliphatic heterocycles. The number of carbonyl (C=O) groups excluding carboxylic acids is 2. The lowest BCUT2D eigenvalue weighted by Crippen LogP contribution is -2.37. The van der Waals surface area contributed by atoms with Crippen molar-refractivity contribution in [3.05, 3.63) is 48.6 Å². The number of rotatable bonds is 34. The summed E-state index contributed by atoms with van der Waals surface area (Å²) in [6.07, 6.45) is 36.0. The fourth-order valence-electron chi connectivity index (χ4n) is 4.77. The van der Waals surface area contributed by atoms with E-state index in [-0.39, 0.29) is 32.0 Å². The summed E-state index contributed by atoms with van der Waals surface area (Å²) in [6.45, 7) is 4.28. The number of hydrogen-bond donors (Lipinski definition) is 1. The van der Waals surface area contributed by atoms with E-state index in [4.69, 9.17) is 18.5 Å². The number of ether oxygens (including phenoxy) is 2. The molecule has 0 aliphatic carbocycles. The molecular formula is C40H73NO8P+. The molecule has 0 saturated carbocycles. The molecule has 0 radical (unpaired) electrons.